The molecule has 1 amide bonds. The maximum atomic E-state index is 11.8. The molecule has 2 atom stereocenters. The normalized spacial score (nSPS) is 22.7. The molecule has 1 saturated heterocycles. The van der Waals surface area contributed by atoms with Crippen LogP contribution in [0.25, 0.3) is 0 Å². The Morgan fingerprint density at radius 2 is 2.17 bits per heavy atom. The molecule has 96 valence electrons. The molecule has 6 heteroatoms. The molecule has 0 aliphatic carbocycles. The van der Waals surface area contributed by atoms with Gasteiger partial charge in [-0.2, -0.15) is 0 Å². The summed E-state index contributed by atoms with van der Waals surface area (Å²) in [7, 11) is 0. The molecule has 18 heavy (non-hydrogen) atoms. The summed E-state index contributed by atoms with van der Waals surface area (Å²) in [6.45, 7) is 0.396. The van der Waals surface area contributed by atoms with E-state index in [1.807, 2.05) is 0 Å². The summed E-state index contributed by atoms with van der Waals surface area (Å²) >= 11 is 0. The molecule has 4 N–H and O–H groups in total. The Bertz CT molecular complexity index is 475. The van der Waals surface area contributed by atoms with Gasteiger partial charge in [-0.05, 0) is 24.6 Å². The number of rotatable bonds is 3. The Hall–Kier alpha value is -1.92. The first kappa shape index (κ1) is 12.5. The fourth-order valence-electron chi connectivity index (χ4n) is 1.88. The monoisotopic (exact) mass is 250 g/mol. The lowest BCUT2D eigenvalue weighted by molar-refractivity contribution is -0.117. The Labute approximate surface area is 104 Å². The lowest BCUT2D eigenvalue weighted by Crippen LogP contribution is -2.35. The van der Waals surface area contributed by atoms with Crippen molar-refractivity contribution >= 4 is 17.6 Å². The zero-order valence-corrected chi connectivity index (χ0v) is 9.59. The first-order chi connectivity index (χ1) is 8.56. The Kier molecular flexibility index (Phi) is 3.59. The van der Waals surface area contributed by atoms with Gasteiger partial charge in [-0.15, -0.1) is 0 Å². The van der Waals surface area contributed by atoms with Gasteiger partial charge in [0, 0.05) is 12.2 Å². The van der Waals surface area contributed by atoms with E-state index >= 15 is 0 Å². The number of hydrogen-bond acceptors (Lipinski definition) is 4. The van der Waals surface area contributed by atoms with Crippen LogP contribution in [-0.2, 0) is 4.79 Å². The molecule has 0 aromatic heterocycles. The number of carboxylic acids is 1. The molecule has 2 rings (SSSR count). The van der Waals surface area contributed by atoms with E-state index in [4.69, 9.17) is 5.11 Å². The number of carbonyl (C=O) groups is 2. The average Bonchev–Trinajstić information content (AvgIpc) is 2.76. The maximum Gasteiger partial charge on any atom is 0.335 e. The molecular weight excluding hydrogens is 236 g/mol. The van der Waals surface area contributed by atoms with Crippen molar-refractivity contribution in [2.75, 3.05) is 11.9 Å². The fraction of sp³-hybridized carbons (Fsp3) is 0.333. The van der Waals surface area contributed by atoms with Crippen LogP contribution in [0, 0.1) is 0 Å². The van der Waals surface area contributed by atoms with E-state index < -0.39 is 18.1 Å². The SMILES string of the molecule is O=C(O)c1cccc(NC(=O)C2CC(O)CN2)c1. The van der Waals surface area contributed by atoms with Crippen molar-refractivity contribution in [3.05, 3.63) is 29.8 Å². The number of amides is 1. The minimum Gasteiger partial charge on any atom is -0.478 e. The van der Waals surface area contributed by atoms with Crippen LogP contribution in [-0.4, -0.2) is 40.8 Å². The van der Waals surface area contributed by atoms with E-state index in [1.165, 1.54) is 12.1 Å². The van der Waals surface area contributed by atoms with Gasteiger partial charge < -0.3 is 20.8 Å². The van der Waals surface area contributed by atoms with Crippen molar-refractivity contribution in [2.45, 2.75) is 18.6 Å². The Morgan fingerprint density at radius 1 is 1.39 bits per heavy atom. The second kappa shape index (κ2) is 5.16. The van der Waals surface area contributed by atoms with Crippen molar-refractivity contribution in [3.63, 3.8) is 0 Å². The molecule has 6 nitrogen and oxygen atoms in total. The number of aromatic carboxylic acids is 1. The summed E-state index contributed by atoms with van der Waals surface area (Å²) in [5, 5.41) is 23.7. The number of carboxylic acid groups (broad SMARTS) is 1. The van der Waals surface area contributed by atoms with E-state index in [-0.39, 0.29) is 11.5 Å². The number of carbonyl (C=O) groups excluding carboxylic acids is 1. The molecular formula is C12H14N2O4. The highest BCUT2D eigenvalue weighted by Gasteiger charge is 2.27. The summed E-state index contributed by atoms with van der Waals surface area (Å²) in [6, 6.07) is 5.60. The number of hydrogen-bond donors (Lipinski definition) is 4. The molecule has 1 heterocycles. The smallest absolute Gasteiger partial charge is 0.335 e. The Morgan fingerprint density at radius 3 is 2.78 bits per heavy atom. The number of β-amino-alcohol motifs (C(OH)–C–C–N with tert-alkyl or cyclic N) is 1. The summed E-state index contributed by atoms with van der Waals surface area (Å²) in [6.07, 6.45) is -0.143. The zero-order valence-electron chi connectivity index (χ0n) is 9.59. The maximum absolute atomic E-state index is 11.8. The van der Waals surface area contributed by atoms with Crippen LogP contribution in [0.4, 0.5) is 5.69 Å². The third-order valence-electron chi connectivity index (χ3n) is 2.80. The zero-order chi connectivity index (χ0) is 13.1. The van der Waals surface area contributed by atoms with Crippen LogP contribution in [0.2, 0.25) is 0 Å². The van der Waals surface area contributed by atoms with Gasteiger partial charge >= 0.3 is 5.97 Å². The van der Waals surface area contributed by atoms with Crippen LogP contribution in [0.1, 0.15) is 16.8 Å². The van der Waals surface area contributed by atoms with Crippen LogP contribution in [0.5, 0.6) is 0 Å². The van der Waals surface area contributed by atoms with Gasteiger partial charge in [0.05, 0.1) is 17.7 Å². The minimum atomic E-state index is -1.04. The third-order valence-corrected chi connectivity index (χ3v) is 2.80. The fourth-order valence-corrected chi connectivity index (χ4v) is 1.88. The molecule has 1 aliphatic heterocycles. The van der Waals surface area contributed by atoms with Gasteiger partial charge in [-0.25, -0.2) is 4.79 Å². The summed E-state index contributed by atoms with van der Waals surface area (Å²) in [5.74, 6) is -1.31. The predicted octanol–water partition coefficient (Wildman–Crippen LogP) is 0.0461. The average molecular weight is 250 g/mol. The van der Waals surface area contributed by atoms with Crippen LogP contribution < -0.4 is 10.6 Å². The predicted molar refractivity (Wildman–Crippen MR) is 64.4 cm³/mol. The number of anilines is 1. The van der Waals surface area contributed by atoms with Gasteiger partial charge in [0.25, 0.3) is 0 Å². The van der Waals surface area contributed by atoms with Crippen LogP contribution >= 0.6 is 0 Å². The standard InChI is InChI=1S/C12H14N2O4/c15-9-5-10(13-6-9)11(16)14-8-3-1-2-7(4-8)12(17)18/h1-4,9-10,13,15H,5-6H2,(H,14,16)(H,17,18). The van der Waals surface area contributed by atoms with E-state index in [1.54, 1.807) is 12.1 Å². The molecule has 1 aromatic carbocycles. The van der Waals surface area contributed by atoms with Crippen molar-refractivity contribution in [3.8, 4) is 0 Å². The third kappa shape index (κ3) is 2.85. The minimum absolute atomic E-state index is 0.118. The van der Waals surface area contributed by atoms with E-state index in [0.717, 1.165) is 0 Å². The van der Waals surface area contributed by atoms with E-state index in [9.17, 15) is 14.7 Å². The van der Waals surface area contributed by atoms with Crippen molar-refractivity contribution in [1.29, 1.82) is 0 Å². The second-order valence-corrected chi connectivity index (χ2v) is 4.23. The lowest BCUT2D eigenvalue weighted by Gasteiger charge is -2.11. The van der Waals surface area contributed by atoms with E-state index in [2.05, 4.69) is 10.6 Å². The van der Waals surface area contributed by atoms with Gasteiger partial charge in [-0.1, -0.05) is 6.07 Å². The highest BCUT2D eigenvalue weighted by Crippen LogP contribution is 2.13. The highest BCUT2D eigenvalue weighted by molar-refractivity contribution is 5.96. The largest absolute Gasteiger partial charge is 0.478 e. The highest BCUT2D eigenvalue weighted by atomic mass is 16.4. The van der Waals surface area contributed by atoms with Crippen molar-refractivity contribution in [1.82, 2.24) is 5.32 Å². The first-order valence-electron chi connectivity index (χ1n) is 5.62. The molecule has 0 radical (unpaired) electrons. The number of benzene rings is 1. The number of aliphatic hydroxyl groups is 1. The van der Waals surface area contributed by atoms with Crippen molar-refractivity contribution in [2.24, 2.45) is 0 Å². The summed E-state index contributed by atoms with van der Waals surface area (Å²) in [4.78, 5) is 22.6. The molecule has 2 unspecified atom stereocenters. The van der Waals surface area contributed by atoms with Gasteiger partial charge in [0.2, 0.25) is 5.91 Å². The molecule has 0 bridgehead atoms. The molecule has 0 saturated carbocycles. The van der Waals surface area contributed by atoms with Gasteiger partial charge in [-0.3, -0.25) is 4.79 Å². The number of nitrogens with one attached hydrogen (secondary N) is 2. The van der Waals surface area contributed by atoms with E-state index in [0.29, 0.717) is 18.7 Å². The first-order valence-corrected chi connectivity index (χ1v) is 5.62. The molecule has 0 spiro atoms. The van der Waals surface area contributed by atoms with Crippen LogP contribution in [0.15, 0.2) is 24.3 Å². The Balaban J connectivity index is 2.03. The molecule has 1 aliphatic rings. The number of aliphatic hydroxyl groups excluding tert-OH is 1. The summed E-state index contributed by atoms with van der Waals surface area (Å²) < 4.78 is 0. The van der Waals surface area contributed by atoms with Crippen molar-refractivity contribution < 1.29 is 19.8 Å². The van der Waals surface area contributed by atoms with Gasteiger partial charge in [0.15, 0.2) is 0 Å². The quantitative estimate of drug-likeness (QED) is 0.607. The lowest BCUT2D eigenvalue weighted by atomic mass is 10.1. The topological polar surface area (TPSA) is 98.7 Å². The molecule has 1 aromatic rings. The van der Waals surface area contributed by atoms with Crippen LogP contribution in [0.3, 0.4) is 0 Å². The molecule has 1 fully saturated rings. The summed E-state index contributed by atoms with van der Waals surface area (Å²) in [5.41, 5.74) is 0.551. The van der Waals surface area contributed by atoms with Gasteiger partial charge in [0.1, 0.15) is 0 Å². The second-order valence-electron chi connectivity index (χ2n) is 4.23.